The fraction of sp³-hybridized carbons (Fsp3) is 0.190. The van der Waals surface area contributed by atoms with E-state index in [2.05, 4.69) is 24.0 Å². The summed E-state index contributed by atoms with van der Waals surface area (Å²) in [5.41, 5.74) is 3.21. The second-order valence-corrected chi connectivity index (χ2v) is 8.29. The molecule has 27 heavy (non-hydrogen) atoms. The average Bonchev–Trinajstić information content (AvgIpc) is 3.35. The van der Waals surface area contributed by atoms with Crippen LogP contribution in [0.15, 0.2) is 60.2 Å². The second kappa shape index (κ2) is 7.98. The quantitative estimate of drug-likeness (QED) is 0.458. The third-order valence-corrected chi connectivity index (χ3v) is 6.27. The van der Waals surface area contributed by atoms with Gasteiger partial charge in [-0.2, -0.15) is 0 Å². The fourth-order valence-corrected chi connectivity index (χ4v) is 4.63. The first-order valence-electron chi connectivity index (χ1n) is 8.84. The van der Waals surface area contributed by atoms with Gasteiger partial charge >= 0.3 is 0 Å². The van der Waals surface area contributed by atoms with Crippen LogP contribution in [0.25, 0.3) is 10.2 Å². The summed E-state index contributed by atoms with van der Waals surface area (Å²) in [6.07, 6.45) is 4.91. The number of amides is 1. The molecule has 0 aliphatic heterocycles. The standard InChI is InChI=1S/C21H19N3OS2/c1-2-15-7-8-18-19(11-15)27-21(23-18)24(14-16-5-3-9-22-13-16)20(25)12-17-6-4-10-26-17/h3-11,13H,2,12,14H2,1H3. The number of carbonyl (C=O) groups is 1. The van der Waals surface area contributed by atoms with Crippen molar-refractivity contribution in [3.63, 3.8) is 0 Å². The van der Waals surface area contributed by atoms with Gasteiger partial charge in [-0.05, 0) is 47.2 Å². The molecular weight excluding hydrogens is 374 g/mol. The second-order valence-electron chi connectivity index (χ2n) is 6.25. The van der Waals surface area contributed by atoms with Crippen molar-refractivity contribution in [3.8, 4) is 0 Å². The smallest absolute Gasteiger partial charge is 0.234 e. The minimum Gasteiger partial charge on any atom is -0.283 e. The van der Waals surface area contributed by atoms with Gasteiger partial charge in [-0.1, -0.05) is 36.5 Å². The number of hydrogen-bond donors (Lipinski definition) is 0. The van der Waals surface area contributed by atoms with Gasteiger partial charge in [-0.25, -0.2) is 4.98 Å². The summed E-state index contributed by atoms with van der Waals surface area (Å²) in [5.74, 6) is 0.0519. The number of benzene rings is 1. The maximum absolute atomic E-state index is 13.1. The summed E-state index contributed by atoms with van der Waals surface area (Å²) in [6.45, 7) is 2.61. The zero-order chi connectivity index (χ0) is 18.6. The van der Waals surface area contributed by atoms with Crippen molar-refractivity contribution in [1.82, 2.24) is 9.97 Å². The fourth-order valence-electron chi connectivity index (χ4n) is 2.89. The highest BCUT2D eigenvalue weighted by Crippen LogP contribution is 2.31. The third-order valence-electron chi connectivity index (χ3n) is 4.35. The van der Waals surface area contributed by atoms with Gasteiger partial charge in [0.2, 0.25) is 5.91 Å². The van der Waals surface area contributed by atoms with Gasteiger partial charge in [0, 0.05) is 17.3 Å². The number of anilines is 1. The Morgan fingerprint density at radius 1 is 1.15 bits per heavy atom. The number of hydrogen-bond acceptors (Lipinski definition) is 5. The zero-order valence-electron chi connectivity index (χ0n) is 15.0. The van der Waals surface area contributed by atoms with Crippen molar-refractivity contribution >= 4 is 43.9 Å². The first kappa shape index (κ1) is 17.8. The van der Waals surface area contributed by atoms with E-state index in [-0.39, 0.29) is 5.91 Å². The monoisotopic (exact) mass is 393 g/mol. The van der Waals surface area contributed by atoms with E-state index in [1.807, 2.05) is 35.7 Å². The highest BCUT2D eigenvalue weighted by molar-refractivity contribution is 7.22. The molecule has 4 aromatic rings. The van der Waals surface area contributed by atoms with Crippen molar-refractivity contribution in [2.24, 2.45) is 0 Å². The van der Waals surface area contributed by atoms with Crippen LogP contribution >= 0.6 is 22.7 Å². The number of fused-ring (bicyclic) bond motifs is 1. The lowest BCUT2D eigenvalue weighted by Gasteiger charge is -2.19. The lowest BCUT2D eigenvalue weighted by atomic mass is 10.2. The van der Waals surface area contributed by atoms with Crippen molar-refractivity contribution in [2.45, 2.75) is 26.3 Å². The third kappa shape index (κ3) is 4.07. The molecule has 4 rings (SSSR count). The van der Waals surface area contributed by atoms with Crippen LogP contribution in [0.4, 0.5) is 5.13 Å². The first-order valence-corrected chi connectivity index (χ1v) is 10.5. The SMILES string of the molecule is CCc1ccc2nc(N(Cc3cccnc3)C(=O)Cc3cccs3)sc2c1. The van der Waals surface area contributed by atoms with E-state index in [1.165, 1.54) is 5.56 Å². The number of thiophene rings is 1. The van der Waals surface area contributed by atoms with E-state index < -0.39 is 0 Å². The van der Waals surface area contributed by atoms with Gasteiger partial charge in [0.25, 0.3) is 0 Å². The summed E-state index contributed by atoms with van der Waals surface area (Å²) in [7, 11) is 0. The molecule has 0 spiro atoms. The van der Waals surface area contributed by atoms with E-state index in [1.54, 1.807) is 40.0 Å². The van der Waals surface area contributed by atoms with Crippen LogP contribution in [0.3, 0.4) is 0 Å². The van der Waals surface area contributed by atoms with Crippen molar-refractivity contribution in [2.75, 3.05) is 4.90 Å². The molecule has 0 N–H and O–H groups in total. The number of rotatable bonds is 6. The minimum atomic E-state index is 0.0519. The maximum Gasteiger partial charge on any atom is 0.234 e. The van der Waals surface area contributed by atoms with Crippen LogP contribution in [-0.2, 0) is 24.2 Å². The Bertz CT molecular complexity index is 1040. The van der Waals surface area contributed by atoms with Gasteiger partial charge in [-0.15, -0.1) is 11.3 Å². The van der Waals surface area contributed by atoms with Crippen LogP contribution in [0.2, 0.25) is 0 Å². The zero-order valence-corrected chi connectivity index (χ0v) is 16.6. The molecule has 0 radical (unpaired) electrons. The molecule has 1 amide bonds. The average molecular weight is 394 g/mol. The molecule has 0 aliphatic rings. The van der Waals surface area contributed by atoms with E-state index in [4.69, 9.17) is 4.98 Å². The summed E-state index contributed by atoms with van der Waals surface area (Å²) in [5, 5.41) is 2.74. The van der Waals surface area contributed by atoms with Crippen LogP contribution < -0.4 is 4.90 Å². The number of aryl methyl sites for hydroxylation is 1. The molecule has 0 bridgehead atoms. The minimum absolute atomic E-state index is 0.0519. The van der Waals surface area contributed by atoms with Crippen molar-refractivity contribution < 1.29 is 4.79 Å². The van der Waals surface area contributed by atoms with Gasteiger partial charge in [-0.3, -0.25) is 14.7 Å². The van der Waals surface area contributed by atoms with Gasteiger partial charge in [0.05, 0.1) is 23.2 Å². The molecule has 4 nitrogen and oxygen atoms in total. The molecule has 0 saturated heterocycles. The van der Waals surface area contributed by atoms with Gasteiger partial charge < -0.3 is 0 Å². The summed E-state index contributed by atoms with van der Waals surface area (Å²) in [6, 6.07) is 14.2. The van der Waals surface area contributed by atoms with E-state index in [0.717, 1.165) is 32.2 Å². The van der Waals surface area contributed by atoms with Crippen LogP contribution in [0.1, 0.15) is 22.9 Å². The Morgan fingerprint density at radius 3 is 2.81 bits per heavy atom. The number of nitrogens with zero attached hydrogens (tertiary/aromatic N) is 3. The molecule has 0 aliphatic carbocycles. The number of pyridine rings is 1. The molecule has 1 aromatic carbocycles. The highest BCUT2D eigenvalue weighted by atomic mass is 32.1. The topological polar surface area (TPSA) is 46.1 Å². The van der Waals surface area contributed by atoms with Gasteiger partial charge in [0.15, 0.2) is 5.13 Å². The van der Waals surface area contributed by atoms with Crippen LogP contribution in [0.5, 0.6) is 0 Å². The van der Waals surface area contributed by atoms with Crippen LogP contribution in [-0.4, -0.2) is 15.9 Å². The Morgan fingerprint density at radius 2 is 2.07 bits per heavy atom. The molecular formula is C21H19N3OS2. The van der Waals surface area contributed by atoms with E-state index in [0.29, 0.717) is 13.0 Å². The molecule has 3 aromatic heterocycles. The number of thiazole rings is 1. The van der Waals surface area contributed by atoms with Crippen LogP contribution in [0, 0.1) is 0 Å². The Hall–Kier alpha value is -2.57. The molecule has 0 fully saturated rings. The normalized spacial score (nSPS) is 11.0. The largest absolute Gasteiger partial charge is 0.283 e. The predicted molar refractivity (Wildman–Crippen MR) is 112 cm³/mol. The Kier molecular flexibility index (Phi) is 5.27. The highest BCUT2D eigenvalue weighted by Gasteiger charge is 2.21. The first-order chi connectivity index (χ1) is 13.2. The maximum atomic E-state index is 13.1. The molecule has 3 heterocycles. The predicted octanol–water partition coefficient (Wildman–Crippen LogP) is 5.09. The molecule has 0 unspecified atom stereocenters. The molecule has 0 saturated carbocycles. The summed E-state index contributed by atoms with van der Waals surface area (Å²) < 4.78 is 1.12. The van der Waals surface area contributed by atoms with Crippen molar-refractivity contribution in [3.05, 3.63) is 76.2 Å². The Balaban J connectivity index is 1.69. The van der Waals surface area contributed by atoms with Crippen molar-refractivity contribution in [1.29, 1.82) is 0 Å². The molecule has 136 valence electrons. The lowest BCUT2D eigenvalue weighted by molar-refractivity contribution is -0.118. The lowest BCUT2D eigenvalue weighted by Crippen LogP contribution is -2.31. The molecule has 0 atom stereocenters. The van der Waals surface area contributed by atoms with E-state index in [9.17, 15) is 4.79 Å². The van der Waals surface area contributed by atoms with E-state index >= 15 is 0 Å². The summed E-state index contributed by atoms with van der Waals surface area (Å²) >= 11 is 3.18. The number of carbonyl (C=O) groups excluding carboxylic acids is 1. The van der Waals surface area contributed by atoms with Gasteiger partial charge in [0.1, 0.15) is 0 Å². The number of aromatic nitrogens is 2. The molecule has 6 heteroatoms. The summed E-state index contributed by atoms with van der Waals surface area (Å²) in [4.78, 5) is 24.9. The Labute approximate surface area is 166 Å².